The first-order chi connectivity index (χ1) is 17.7. The first-order valence-electron chi connectivity index (χ1n) is 12.6. The standard InChI is InChI=1S/C27H37IN4O4S/c1-27(2,3)36-26(33)32-12-10-30(11-13-32)20-6-8-22-24(18-20)37(28)25-19-21(7-9-23(25)29-22)31(14-16-34-4)15-17-35-5/h6-9,18-19H,10-17H2,1-5H3. The summed E-state index contributed by atoms with van der Waals surface area (Å²) in [4.78, 5) is 25.1. The fraction of sp³-hybridized carbons (Fsp3) is 0.519. The van der Waals surface area contributed by atoms with Gasteiger partial charge in [-0.05, 0) is 78.4 Å². The van der Waals surface area contributed by atoms with Crippen molar-refractivity contribution in [2.24, 2.45) is 4.99 Å². The van der Waals surface area contributed by atoms with Gasteiger partial charge in [-0.15, -0.1) is 0 Å². The molecule has 0 radical (unpaired) electrons. The molecule has 2 aromatic carbocycles. The topological polar surface area (TPSA) is 66.8 Å². The van der Waals surface area contributed by atoms with Gasteiger partial charge in [0.25, 0.3) is 0 Å². The predicted molar refractivity (Wildman–Crippen MR) is 158 cm³/mol. The van der Waals surface area contributed by atoms with E-state index in [1.165, 1.54) is 15.1 Å². The molecule has 8 nitrogen and oxygen atoms in total. The number of halogens is 1. The molecule has 1 unspecified atom stereocenters. The highest BCUT2D eigenvalue weighted by molar-refractivity contribution is 14.2. The van der Waals surface area contributed by atoms with Crippen molar-refractivity contribution in [3.8, 4) is 0 Å². The van der Waals surface area contributed by atoms with Crippen LogP contribution in [0.4, 0.5) is 21.9 Å². The van der Waals surface area contributed by atoms with E-state index in [2.05, 4.69) is 67.4 Å². The zero-order valence-corrected chi connectivity index (χ0v) is 25.3. The molecule has 0 spiro atoms. The highest BCUT2D eigenvalue weighted by atomic mass is 127. The van der Waals surface area contributed by atoms with E-state index >= 15 is 0 Å². The lowest BCUT2D eigenvalue weighted by molar-refractivity contribution is 0.0240. The van der Waals surface area contributed by atoms with Crippen LogP contribution in [0.25, 0.3) is 0 Å². The summed E-state index contributed by atoms with van der Waals surface area (Å²) in [5.41, 5.74) is 2.89. The number of carbonyl (C=O) groups excluding carboxylic acids is 1. The molecule has 0 saturated carbocycles. The van der Waals surface area contributed by atoms with Gasteiger partial charge in [-0.3, -0.25) is 0 Å². The number of hydrogen-bond acceptors (Lipinski definition) is 7. The Morgan fingerprint density at radius 2 is 1.70 bits per heavy atom. The van der Waals surface area contributed by atoms with Crippen molar-refractivity contribution in [1.82, 2.24) is 4.90 Å². The highest BCUT2D eigenvalue weighted by Crippen LogP contribution is 2.46. The van der Waals surface area contributed by atoms with Gasteiger partial charge in [0.05, 0.1) is 24.3 Å². The summed E-state index contributed by atoms with van der Waals surface area (Å²) in [5.74, 6) is 0. The number of anilines is 2. The number of benzene rings is 2. The molecule has 1 saturated heterocycles. The summed E-state index contributed by atoms with van der Waals surface area (Å²) in [5, 5.41) is 1.03. The van der Waals surface area contributed by atoms with E-state index in [1.807, 2.05) is 20.8 Å². The molecule has 2 aliphatic heterocycles. The third-order valence-corrected chi connectivity index (χ3v) is 10.6. The van der Waals surface area contributed by atoms with Crippen molar-refractivity contribution in [2.45, 2.75) is 31.3 Å². The van der Waals surface area contributed by atoms with Gasteiger partial charge < -0.3 is 28.9 Å². The Kier molecular flexibility index (Phi) is 9.36. The van der Waals surface area contributed by atoms with Gasteiger partial charge in [0.2, 0.25) is 0 Å². The highest BCUT2D eigenvalue weighted by Gasteiger charge is 2.26. The SMILES string of the molecule is COCCN(CCOC)c1ccc2c(c1)S(I)=c1cc(N3CCN(C(=O)OC(C)(C)C)CC3)ccc1=N2. The molecule has 1 amide bonds. The number of amides is 1. The second-order valence-electron chi connectivity index (χ2n) is 10.1. The van der Waals surface area contributed by atoms with Gasteiger partial charge in [0.15, 0.2) is 0 Å². The molecule has 2 heterocycles. The molecule has 10 heteroatoms. The Bertz CT molecular complexity index is 1230. The summed E-state index contributed by atoms with van der Waals surface area (Å²) in [6.07, 6.45) is -0.234. The van der Waals surface area contributed by atoms with E-state index in [-0.39, 0.29) is 13.7 Å². The van der Waals surface area contributed by atoms with Crippen LogP contribution in [-0.2, 0) is 14.2 Å². The van der Waals surface area contributed by atoms with E-state index in [9.17, 15) is 4.79 Å². The summed E-state index contributed by atoms with van der Waals surface area (Å²) in [6.45, 7) is 11.5. The molecule has 2 aromatic rings. The predicted octanol–water partition coefficient (Wildman–Crippen LogP) is 5.04. The van der Waals surface area contributed by atoms with Crippen LogP contribution in [0.2, 0.25) is 0 Å². The minimum Gasteiger partial charge on any atom is -0.444 e. The first kappa shape index (κ1) is 28.1. The summed E-state index contributed by atoms with van der Waals surface area (Å²) in [6, 6.07) is 13.1. The monoisotopic (exact) mass is 640 g/mol. The first-order valence-corrected chi connectivity index (χ1v) is 16.3. The lowest BCUT2D eigenvalue weighted by Gasteiger charge is -2.36. The molecule has 0 aromatic heterocycles. The molecular weight excluding hydrogens is 603 g/mol. The van der Waals surface area contributed by atoms with Crippen molar-refractivity contribution >= 4 is 52.0 Å². The zero-order valence-electron chi connectivity index (χ0n) is 22.3. The molecule has 2 aliphatic rings. The van der Waals surface area contributed by atoms with E-state index in [0.717, 1.165) is 42.9 Å². The molecule has 0 N–H and O–H groups in total. The molecule has 4 rings (SSSR count). The normalized spacial score (nSPS) is 17.1. The van der Waals surface area contributed by atoms with Crippen molar-refractivity contribution in [2.75, 3.05) is 76.5 Å². The number of fused-ring (bicyclic) bond motifs is 2. The Labute approximate surface area is 234 Å². The van der Waals surface area contributed by atoms with E-state index in [4.69, 9.17) is 19.2 Å². The zero-order chi connectivity index (χ0) is 26.6. The number of ether oxygens (including phenoxy) is 3. The van der Waals surface area contributed by atoms with E-state index < -0.39 is 5.60 Å². The second kappa shape index (κ2) is 12.3. The summed E-state index contributed by atoms with van der Waals surface area (Å²) < 4.78 is 17.5. The lowest BCUT2D eigenvalue weighted by atomic mass is 10.2. The number of hydrogen-bond donors (Lipinski definition) is 0. The quantitative estimate of drug-likeness (QED) is 0.298. The number of carbonyl (C=O) groups is 1. The molecule has 1 fully saturated rings. The third-order valence-electron chi connectivity index (χ3n) is 6.31. The molecular formula is C27H37IN4O4S. The van der Waals surface area contributed by atoms with Crippen LogP contribution in [0.1, 0.15) is 20.8 Å². The average molecular weight is 641 g/mol. The van der Waals surface area contributed by atoms with Gasteiger partial charge in [-0.2, -0.15) is 0 Å². The van der Waals surface area contributed by atoms with Gasteiger partial charge in [-0.1, -0.05) is 7.66 Å². The number of methoxy groups -OCH3 is 2. The van der Waals surface area contributed by atoms with Crippen LogP contribution in [0, 0.1) is 4.51 Å². The number of nitrogens with zero attached hydrogens (tertiary/aromatic N) is 4. The largest absolute Gasteiger partial charge is 0.444 e. The smallest absolute Gasteiger partial charge is 0.410 e. The van der Waals surface area contributed by atoms with Gasteiger partial charge in [0.1, 0.15) is 5.60 Å². The van der Waals surface area contributed by atoms with E-state index in [1.54, 1.807) is 19.1 Å². The summed E-state index contributed by atoms with van der Waals surface area (Å²) in [7, 11) is 3.32. The van der Waals surface area contributed by atoms with Gasteiger partial charge in [0, 0.05) is 74.3 Å². The van der Waals surface area contributed by atoms with E-state index in [0.29, 0.717) is 26.3 Å². The third kappa shape index (κ3) is 6.96. The lowest BCUT2D eigenvalue weighted by Crippen LogP contribution is -2.50. The van der Waals surface area contributed by atoms with Crippen LogP contribution in [0.3, 0.4) is 0 Å². The molecule has 0 bridgehead atoms. The minimum atomic E-state index is -0.479. The minimum absolute atomic E-state index is 0.143. The average Bonchev–Trinajstić information content (AvgIpc) is 2.88. The van der Waals surface area contributed by atoms with Crippen LogP contribution in [-0.4, -0.2) is 83.3 Å². The van der Waals surface area contributed by atoms with Crippen molar-refractivity contribution in [3.05, 3.63) is 46.3 Å². The summed E-state index contributed by atoms with van der Waals surface area (Å²) >= 11 is 2.56. The maximum Gasteiger partial charge on any atom is 0.410 e. The molecule has 202 valence electrons. The van der Waals surface area contributed by atoms with Crippen LogP contribution in [0.5, 0.6) is 0 Å². The molecule has 37 heavy (non-hydrogen) atoms. The van der Waals surface area contributed by atoms with Crippen LogP contribution >= 0.6 is 28.9 Å². The Morgan fingerprint density at radius 1 is 1.03 bits per heavy atom. The number of piperazine rings is 1. The van der Waals surface area contributed by atoms with Crippen molar-refractivity contribution < 1.29 is 19.0 Å². The Balaban J connectivity index is 1.55. The number of rotatable bonds is 8. The fourth-order valence-electron chi connectivity index (χ4n) is 4.37. The van der Waals surface area contributed by atoms with Crippen LogP contribution < -0.4 is 15.2 Å². The maximum atomic E-state index is 12.5. The maximum absolute atomic E-state index is 12.5. The van der Waals surface area contributed by atoms with Crippen LogP contribution in [0.15, 0.2) is 46.3 Å². The Morgan fingerprint density at radius 3 is 2.32 bits per heavy atom. The Hall–Kier alpha value is -1.89. The van der Waals surface area contributed by atoms with Crippen molar-refractivity contribution in [1.29, 1.82) is 0 Å². The fourth-order valence-corrected chi connectivity index (χ4v) is 7.76. The van der Waals surface area contributed by atoms with Crippen molar-refractivity contribution in [3.63, 3.8) is 0 Å². The molecule has 1 atom stereocenters. The second-order valence-corrected chi connectivity index (χ2v) is 14.1. The van der Waals surface area contributed by atoms with Gasteiger partial charge >= 0.3 is 6.09 Å². The van der Waals surface area contributed by atoms with Gasteiger partial charge in [-0.25, -0.2) is 9.79 Å². The molecule has 0 aliphatic carbocycles.